The zero-order valence-electron chi connectivity index (χ0n) is 9.51. The summed E-state index contributed by atoms with van der Waals surface area (Å²) in [5.41, 5.74) is 1.33. The van der Waals surface area contributed by atoms with Gasteiger partial charge >= 0.3 is 0 Å². The largest absolute Gasteiger partial charge is 0.313 e. The zero-order valence-corrected chi connectivity index (χ0v) is 11.1. The van der Waals surface area contributed by atoms with Crippen LogP contribution in [-0.2, 0) is 6.54 Å². The molecule has 0 radical (unpaired) electrons. The van der Waals surface area contributed by atoms with Gasteiger partial charge in [-0.15, -0.1) is 11.8 Å². The Bertz CT molecular complexity index is 312. The minimum absolute atomic E-state index is 0.587. The summed E-state index contributed by atoms with van der Waals surface area (Å²) in [6.45, 7) is 8.42. The van der Waals surface area contributed by atoms with Crippen LogP contribution >= 0.6 is 23.4 Å². The quantitative estimate of drug-likeness (QED) is 0.786. The third kappa shape index (κ3) is 4.45. The highest BCUT2D eigenvalue weighted by molar-refractivity contribution is 8.00. The summed E-state index contributed by atoms with van der Waals surface area (Å²) < 4.78 is 0. The maximum absolute atomic E-state index is 6.00. The van der Waals surface area contributed by atoms with Crippen LogP contribution in [0.1, 0.15) is 26.3 Å². The first kappa shape index (κ1) is 12.9. The second kappa shape index (κ2) is 6.41. The maximum Gasteiger partial charge on any atom is 0.0417 e. The van der Waals surface area contributed by atoms with Gasteiger partial charge in [-0.1, -0.05) is 38.4 Å². The van der Waals surface area contributed by atoms with Gasteiger partial charge in [-0.3, -0.25) is 0 Å². The summed E-state index contributed by atoms with van der Waals surface area (Å²) in [5.74, 6) is 0. The molecule has 15 heavy (non-hydrogen) atoms. The SMILES string of the molecule is CCNCc1ccc(Cl)cc1SC(C)C. The van der Waals surface area contributed by atoms with Crippen LogP contribution < -0.4 is 5.32 Å². The topological polar surface area (TPSA) is 12.0 Å². The number of thioether (sulfide) groups is 1. The highest BCUT2D eigenvalue weighted by atomic mass is 35.5. The van der Waals surface area contributed by atoms with Crippen molar-refractivity contribution in [3.05, 3.63) is 28.8 Å². The van der Waals surface area contributed by atoms with Gasteiger partial charge in [0.25, 0.3) is 0 Å². The Balaban J connectivity index is 2.82. The van der Waals surface area contributed by atoms with Crippen LogP contribution in [0.4, 0.5) is 0 Å². The fourth-order valence-electron chi connectivity index (χ4n) is 1.30. The molecule has 0 bridgehead atoms. The third-order valence-electron chi connectivity index (χ3n) is 1.96. The van der Waals surface area contributed by atoms with E-state index in [1.54, 1.807) is 0 Å². The zero-order chi connectivity index (χ0) is 11.3. The lowest BCUT2D eigenvalue weighted by Crippen LogP contribution is -2.12. The van der Waals surface area contributed by atoms with Crippen molar-refractivity contribution in [3.63, 3.8) is 0 Å². The van der Waals surface area contributed by atoms with E-state index in [-0.39, 0.29) is 0 Å². The number of benzene rings is 1. The molecule has 0 heterocycles. The summed E-state index contributed by atoms with van der Waals surface area (Å²) in [6.07, 6.45) is 0. The summed E-state index contributed by atoms with van der Waals surface area (Å²) in [4.78, 5) is 1.29. The summed E-state index contributed by atoms with van der Waals surface area (Å²) in [7, 11) is 0. The fourth-order valence-corrected chi connectivity index (χ4v) is 2.53. The lowest BCUT2D eigenvalue weighted by atomic mass is 10.2. The van der Waals surface area contributed by atoms with Crippen molar-refractivity contribution in [2.45, 2.75) is 37.5 Å². The Morgan fingerprint density at radius 1 is 1.40 bits per heavy atom. The Kier molecular flexibility index (Phi) is 5.51. The van der Waals surface area contributed by atoms with Gasteiger partial charge in [-0.05, 0) is 24.2 Å². The van der Waals surface area contributed by atoms with Gasteiger partial charge in [0.05, 0.1) is 0 Å². The van der Waals surface area contributed by atoms with Gasteiger partial charge in [-0.2, -0.15) is 0 Å². The predicted molar refractivity (Wildman–Crippen MR) is 69.8 cm³/mol. The van der Waals surface area contributed by atoms with Crippen molar-refractivity contribution in [1.29, 1.82) is 0 Å². The van der Waals surface area contributed by atoms with Gasteiger partial charge in [-0.25, -0.2) is 0 Å². The van der Waals surface area contributed by atoms with Crippen LogP contribution in [-0.4, -0.2) is 11.8 Å². The van der Waals surface area contributed by atoms with E-state index >= 15 is 0 Å². The lowest BCUT2D eigenvalue weighted by molar-refractivity contribution is 0.718. The summed E-state index contributed by atoms with van der Waals surface area (Å²) in [5, 5.41) is 4.75. The molecule has 1 aromatic carbocycles. The Morgan fingerprint density at radius 3 is 2.73 bits per heavy atom. The molecule has 0 aromatic heterocycles. The minimum Gasteiger partial charge on any atom is -0.313 e. The molecule has 3 heteroatoms. The van der Waals surface area contributed by atoms with Crippen molar-refractivity contribution in [2.24, 2.45) is 0 Å². The highest BCUT2D eigenvalue weighted by Gasteiger charge is 2.05. The van der Waals surface area contributed by atoms with Gasteiger partial charge in [0.2, 0.25) is 0 Å². The lowest BCUT2D eigenvalue weighted by Gasteiger charge is -2.12. The first-order chi connectivity index (χ1) is 7.13. The molecule has 1 rings (SSSR count). The fraction of sp³-hybridized carbons (Fsp3) is 0.500. The average molecular weight is 244 g/mol. The van der Waals surface area contributed by atoms with E-state index in [2.05, 4.69) is 38.2 Å². The van der Waals surface area contributed by atoms with Crippen LogP contribution in [0.5, 0.6) is 0 Å². The third-order valence-corrected chi connectivity index (χ3v) is 3.30. The molecule has 0 aliphatic carbocycles. The molecule has 0 fully saturated rings. The van der Waals surface area contributed by atoms with E-state index in [0.29, 0.717) is 5.25 Å². The van der Waals surface area contributed by atoms with Gasteiger partial charge < -0.3 is 5.32 Å². The van der Waals surface area contributed by atoms with Crippen molar-refractivity contribution in [2.75, 3.05) is 6.54 Å². The highest BCUT2D eigenvalue weighted by Crippen LogP contribution is 2.29. The molecule has 1 nitrogen and oxygen atoms in total. The predicted octanol–water partition coefficient (Wildman–Crippen LogP) is 3.95. The second-order valence-electron chi connectivity index (χ2n) is 3.70. The normalized spacial score (nSPS) is 11.0. The molecule has 0 saturated carbocycles. The van der Waals surface area contributed by atoms with Gasteiger partial charge in [0.1, 0.15) is 0 Å². The molecule has 84 valence electrons. The van der Waals surface area contributed by atoms with Gasteiger partial charge in [0.15, 0.2) is 0 Å². The van der Waals surface area contributed by atoms with Crippen LogP contribution in [0.2, 0.25) is 5.02 Å². The van der Waals surface area contributed by atoms with Crippen LogP contribution in [0, 0.1) is 0 Å². The Hall–Kier alpha value is -0.180. The molecule has 0 aliphatic heterocycles. The molecule has 0 aliphatic rings. The van der Waals surface area contributed by atoms with Gasteiger partial charge in [0, 0.05) is 21.7 Å². The van der Waals surface area contributed by atoms with Crippen molar-refractivity contribution in [3.8, 4) is 0 Å². The first-order valence-electron chi connectivity index (χ1n) is 5.29. The van der Waals surface area contributed by atoms with Crippen LogP contribution in [0.25, 0.3) is 0 Å². The van der Waals surface area contributed by atoms with Crippen molar-refractivity contribution >= 4 is 23.4 Å². The van der Waals surface area contributed by atoms with Crippen molar-refractivity contribution < 1.29 is 0 Å². The molecule has 1 N–H and O–H groups in total. The van der Waals surface area contributed by atoms with Crippen molar-refractivity contribution in [1.82, 2.24) is 5.32 Å². The molecule has 1 aromatic rings. The molecule has 0 spiro atoms. The number of nitrogens with one attached hydrogen (secondary N) is 1. The van der Waals surface area contributed by atoms with E-state index in [1.807, 2.05) is 17.8 Å². The monoisotopic (exact) mass is 243 g/mol. The van der Waals surface area contributed by atoms with E-state index in [0.717, 1.165) is 18.1 Å². The molecular weight excluding hydrogens is 226 g/mol. The van der Waals surface area contributed by atoms with E-state index in [9.17, 15) is 0 Å². The minimum atomic E-state index is 0.587. The Morgan fingerprint density at radius 2 is 2.13 bits per heavy atom. The maximum atomic E-state index is 6.00. The Labute approximate surface area is 102 Å². The average Bonchev–Trinajstić information content (AvgIpc) is 2.16. The number of halogens is 1. The molecule has 0 amide bonds. The molecule has 0 saturated heterocycles. The molecular formula is C12H18ClNS. The van der Waals surface area contributed by atoms with E-state index in [4.69, 9.17) is 11.6 Å². The number of hydrogen-bond donors (Lipinski definition) is 1. The van der Waals surface area contributed by atoms with Crippen LogP contribution in [0.3, 0.4) is 0 Å². The van der Waals surface area contributed by atoms with Crippen LogP contribution in [0.15, 0.2) is 23.1 Å². The smallest absolute Gasteiger partial charge is 0.0417 e. The molecule has 0 atom stereocenters. The standard InChI is InChI=1S/C12H18ClNS/c1-4-14-8-10-5-6-11(13)7-12(10)15-9(2)3/h5-7,9,14H,4,8H2,1-3H3. The number of hydrogen-bond acceptors (Lipinski definition) is 2. The summed E-state index contributed by atoms with van der Waals surface area (Å²) >= 11 is 7.87. The summed E-state index contributed by atoms with van der Waals surface area (Å²) in [6, 6.07) is 6.12. The number of rotatable bonds is 5. The second-order valence-corrected chi connectivity index (χ2v) is 5.75. The van der Waals surface area contributed by atoms with E-state index < -0.39 is 0 Å². The molecule has 0 unspecified atom stereocenters. The van der Waals surface area contributed by atoms with E-state index in [1.165, 1.54) is 10.5 Å². The first-order valence-corrected chi connectivity index (χ1v) is 6.55.